The van der Waals surface area contributed by atoms with Crippen LogP contribution in [0.5, 0.6) is 5.75 Å². The molecule has 3 aromatic rings. The maximum absolute atomic E-state index is 12.2. The first kappa shape index (κ1) is 21.4. The SMILES string of the molecule is O=C(CSc1nnc(Nc2ccc(OC(F)(F)F)cc2)s1)NNC(=O)c1ccco1. The molecule has 0 saturated carbocycles. The number of halogens is 3. The molecule has 14 heteroatoms. The van der Waals surface area contributed by atoms with E-state index < -0.39 is 18.2 Å². The van der Waals surface area contributed by atoms with Gasteiger partial charge in [-0.15, -0.1) is 23.4 Å². The van der Waals surface area contributed by atoms with Gasteiger partial charge in [-0.3, -0.25) is 20.4 Å². The number of ether oxygens (including phenoxy) is 1. The zero-order valence-electron chi connectivity index (χ0n) is 14.7. The fourth-order valence-corrected chi connectivity index (χ4v) is 3.51. The number of thioether (sulfide) groups is 1. The van der Waals surface area contributed by atoms with E-state index in [1.165, 1.54) is 24.5 Å². The van der Waals surface area contributed by atoms with Crippen LogP contribution in [0.15, 0.2) is 51.4 Å². The van der Waals surface area contributed by atoms with E-state index in [-0.39, 0.29) is 17.3 Å². The molecule has 2 aromatic heterocycles. The van der Waals surface area contributed by atoms with E-state index in [2.05, 4.69) is 31.1 Å². The summed E-state index contributed by atoms with van der Waals surface area (Å²) in [5.41, 5.74) is 4.93. The first-order chi connectivity index (χ1) is 14.3. The summed E-state index contributed by atoms with van der Waals surface area (Å²) in [6, 6.07) is 8.10. The molecule has 2 amide bonds. The third-order valence-electron chi connectivity index (χ3n) is 3.13. The molecule has 3 rings (SSSR count). The summed E-state index contributed by atoms with van der Waals surface area (Å²) in [5.74, 6) is -1.37. The van der Waals surface area contributed by atoms with Crippen LogP contribution in [-0.4, -0.2) is 34.1 Å². The zero-order valence-corrected chi connectivity index (χ0v) is 16.4. The Hall–Kier alpha value is -3.26. The summed E-state index contributed by atoms with van der Waals surface area (Å²) in [4.78, 5) is 23.4. The number of hydrazine groups is 1. The highest BCUT2D eigenvalue weighted by Crippen LogP contribution is 2.29. The van der Waals surface area contributed by atoms with Crippen LogP contribution >= 0.6 is 23.1 Å². The summed E-state index contributed by atoms with van der Waals surface area (Å²) in [7, 11) is 0. The number of nitrogens with one attached hydrogen (secondary N) is 3. The van der Waals surface area contributed by atoms with E-state index in [4.69, 9.17) is 4.42 Å². The standard InChI is InChI=1S/C16H12F3N5O4S2/c17-16(18,19)28-10-5-3-9(4-6-10)20-14-23-24-15(30-14)29-8-12(25)21-22-13(26)11-2-1-7-27-11/h1-7H,8H2,(H,20,23)(H,21,25)(H,22,26). The summed E-state index contributed by atoms with van der Waals surface area (Å²) in [6.07, 6.45) is -3.42. The average molecular weight is 459 g/mol. The highest BCUT2D eigenvalue weighted by atomic mass is 32.2. The second-order valence-electron chi connectivity index (χ2n) is 5.34. The summed E-state index contributed by atoms with van der Waals surface area (Å²) in [6.45, 7) is 0. The van der Waals surface area contributed by atoms with Crippen molar-refractivity contribution in [3.63, 3.8) is 0 Å². The molecule has 0 atom stereocenters. The number of carbonyl (C=O) groups excluding carboxylic acids is 2. The Morgan fingerprint density at radius 3 is 2.57 bits per heavy atom. The lowest BCUT2D eigenvalue weighted by molar-refractivity contribution is -0.274. The lowest BCUT2D eigenvalue weighted by Crippen LogP contribution is -2.42. The van der Waals surface area contributed by atoms with Crippen LogP contribution in [0.25, 0.3) is 0 Å². The minimum Gasteiger partial charge on any atom is -0.459 e. The smallest absolute Gasteiger partial charge is 0.459 e. The fourth-order valence-electron chi connectivity index (χ4n) is 1.94. The number of aromatic nitrogens is 2. The Bertz CT molecular complexity index is 993. The van der Waals surface area contributed by atoms with Crippen molar-refractivity contribution in [1.29, 1.82) is 0 Å². The number of carbonyl (C=O) groups is 2. The minimum atomic E-state index is -4.76. The number of alkyl halides is 3. The molecule has 2 heterocycles. The topological polar surface area (TPSA) is 118 Å². The van der Waals surface area contributed by atoms with Gasteiger partial charge in [0, 0.05) is 5.69 Å². The molecule has 9 nitrogen and oxygen atoms in total. The highest BCUT2D eigenvalue weighted by Gasteiger charge is 2.30. The molecule has 0 fully saturated rings. The molecular weight excluding hydrogens is 447 g/mol. The van der Waals surface area contributed by atoms with Crippen LogP contribution in [0.1, 0.15) is 10.6 Å². The normalized spacial score (nSPS) is 11.0. The molecule has 0 unspecified atom stereocenters. The molecule has 0 aliphatic heterocycles. The Morgan fingerprint density at radius 1 is 1.13 bits per heavy atom. The Kier molecular flexibility index (Phi) is 6.79. The van der Waals surface area contributed by atoms with Gasteiger partial charge in [-0.05, 0) is 36.4 Å². The van der Waals surface area contributed by atoms with E-state index in [1.54, 1.807) is 6.07 Å². The number of furan rings is 1. The quantitative estimate of drug-likeness (QED) is 0.364. The van der Waals surface area contributed by atoms with Crippen LogP contribution in [0, 0.1) is 0 Å². The molecule has 158 valence electrons. The lowest BCUT2D eigenvalue weighted by atomic mass is 10.3. The summed E-state index contributed by atoms with van der Waals surface area (Å²) in [5, 5.41) is 11.1. The Balaban J connectivity index is 1.43. The van der Waals surface area contributed by atoms with Gasteiger partial charge >= 0.3 is 12.3 Å². The van der Waals surface area contributed by atoms with Crippen molar-refractivity contribution in [1.82, 2.24) is 21.0 Å². The van der Waals surface area contributed by atoms with Crippen LogP contribution < -0.4 is 20.9 Å². The third kappa shape index (κ3) is 6.66. The first-order valence-corrected chi connectivity index (χ1v) is 9.80. The van der Waals surface area contributed by atoms with Crippen molar-refractivity contribution in [2.75, 3.05) is 11.1 Å². The molecule has 3 N–H and O–H groups in total. The van der Waals surface area contributed by atoms with Gasteiger partial charge in [0.2, 0.25) is 11.0 Å². The van der Waals surface area contributed by atoms with Gasteiger partial charge in [0.05, 0.1) is 12.0 Å². The van der Waals surface area contributed by atoms with Crippen LogP contribution in [0.2, 0.25) is 0 Å². The molecule has 0 bridgehead atoms. The largest absolute Gasteiger partial charge is 0.573 e. The van der Waals surface area contributed by atoms with Gasteiger partial charge in [0.1, 0.15) is 5.75 Å². The van der Waals surface area contributed by atoms with Gasteiger partial charge in [-0.25, -0.2) is 0 Å². The third-order valence-corrected chi connectivity index (χ3v) is 5.10. The van der Waals surface area contributed by atoms with Crippen molar-refractivity contribution < 1.29 is 31.9 Å². The van der Waals surface area contributed by atoms with Gasteiger partial charge in [0.15, 0.2) is 10.1 Å². The second kappa shape index (κ2) is 9.49. The molecule has 0 radical (unpaired) electrons. The van der Waals surface area contributed by atoms with Crippen molar-refractivity contribution in [3.8, 4) is 5.75 Å². The van der Waals surface area contributed by atoms with Crippen LogP contribution in [0.4, 0.5) is 24.0 Å². The number of hydrogen-bond acceptors (Lipinski definition) is 9. The predicted octanol–water partition coefficient (Wildman–Crippen LogP) is 3.33. The molecule has 0 saturated heterocycles. The number of anilines is 2. The van der Waals surface area contributed by atoms with Gasteiger partial charge < -0.3 is 14.5 Å². The van der Waals surface area contributed by atoms with Crippen molar-refractivity contribution in [3.05, 3.63) is 48.4 Å². The number of hydrogen-bond donors (Lipinski definition) is 3. The summed E-state index contributed by atoms with van der Waals surface area (Å²) >= 11 is 2.23. The first-order valence-electron chi connectivity index (χ1n) is 8.00. The van der Waals surface area contributed by atoms with E-state index in [1.807, 2.05) is 0 Å². The zero-order chi connectivity index (χ0) is 21.6. The number of rotatable bonds is 7. The van der Waals surface area contributed by atoms with E-state index in [0.29, 0.717) is 15.2 Å². The highest BCUT2D eigenvalue weighted by molar-refractivity contribution is 8.01. The van der Waals surface area contributed by atoms with Crippen LogP contribution in [0.3, 0.4) is 0 Å². The average Bonchev–Trinajstić information content (AvgIpc) is 3.37. The molecule has 30 heavy (non-hydrogen) atoms. The lowest BCUT2D eigenvalue weighted by Gasteiger charge is -2.09. The molecule has 1 aromatic carbocycles. The van der Waals surface area contributed by atoms with Gasteiger partial charge in [-0.1, -0.05) is 23.1 Å². The fraction of sp³-hybridized carbons (Fsp3) is 0.125. The maximum Gasteiger partial charge on any atom is 0.573 e. The Labute approximate surface area is 175 Å². The second-order valence-corrected chi connectivity index (χ2v) is 7.54. The maximum atomic E-state index is 12.2. The number of benzene rings is 1. The molecule has 0 aliphatic rings. The monoisotopic (exact) mass is 459 g/mol. The predicted molar refractivity (Wildman–Crippen MR) is 101 cm³/mol. The van der Waals surface area contributed by atoms with E-state index in [9.17, 15) is 22.8 Å². The number of amides is 2. The van der Waals surface area contributed by atoms with E-state index in [0.717, 1.165) is 35.2 Å². The van der Waals surface area contributed by atoms with Crippen LogP contribution in [-0.2, 0) is 4.79 Å². The van der Waals surface area contributed by atoms with Crippen molar-refractivity contribution in [2.24, 2.45) is 0 Å². The minimum absolute atomic E-state index is 0.0312. The Morgan fingerprint density at radius 2 is 1.90 bits per heavy atom. The van der Waals surface area contributed by atoms with E-state index >= 15 is 0 Å². The number of nitrogens with zero attached hydrogens (tertiary/aromatic N) is 2. The molecule has 0 spiro atoms. The van der Waals surface area contributed by atoms with Crippen molar-refractivity contribution >= 4 is 45.7 Å². The summed E-state index contributed by atoms with van der Waals surface area (Å²) < 4.78 is 45.6. The molecule has 0 aliphatic carbocycles. The van der Waals surface area contributed by atoms with Gasteiger partial charge in [0.25, 0.3) is 0 Å². The molecular formula is C16H12F3N5O4S2. The van der Waals surface area contributed by atoms with Gasteiger partial charge in [-0.2, -0.15) is 0 Å². The van der Waals surface area contributed by atoms with Crippen molar-refractivity contribution in [2.45, 2.75) is 10.7 Å².